The molecule has 1 amide bonds. The Morgan fingerprint density at radius 1 is 1.10 bits per heavy atom. The number of aromatic nitrogens is 5. The molecule has 3 aromatic heterocycles. The minimum Gasteiger partial charge on any atom is -0.369 e. The number of carbonyl (C=O) groups excluding carboxylic acids is 1. The third-order valence-electron chi connectivity index (χ3n) is 8.29. The molecule has 2 aliphatic heterocycles. The Morgan fingerprint density at radius 3 is 2.64 bits per heavy atom. The molecule has 5 heterocycles. The van der Waals surface area contributed by atoms with Gasteiger partial charge in [0.25, 0.3) is 5.91 Å². The number of amides is 1. The maximum absolute atomic E-state index is 13.7. The van der Waals surface area contributed by atoms with E-state index in [9.17, 15) is 4.79 Å². The zero-order valence-corrected chi connectivity index (χ0v) is 25.5. The molecule has 1 unspecified atom stereocenters. The summed E-state index contributed by atoms with van der Waals surface area (Å²) in [7, 11) is 0. The number of piperazine rings is 1. The molecule has 9 nitrogen and oxygen atoms in total. The minimum atomic E-state index is -0.807. The zero-order chi connectivity index (χ0) is 28.8. The summed E-state index contributed by atoms with van der Waals surface area (Å²) in [5.41, 5.74) is 5.22. The van der Waals surface area contributed by atoms with Crippen LogP contribution < -0.4 is 10.2 Å². The number of carbonyl (C=O) groups is 1. The van der Waals surface area contributed by atoms with Gasteiger partial charge in [-0.25, -0.2) is 9.97 Å². The second-order valence-electron chi connectivity index (χ2n) is 10.7. The normalized spacial score (nSPS) is 16.2. The summed E-state index contributed by atoms with van der Waals surface area (Å²) in [6.07, 6.45) is 7.12. The molecular weight excluding hydrogens is 591 g/mol. The largest absolute Gasteiger partial charge is 0.369 e. The van der Waals surface area contributed by atoms with Gasteiger partial charge in [0.15, 0.2) is 11.2 Å². The maximum atomic E-state index is 13.7. The number of hydrogen-bond acceptors (Lipinski definition) is 7. The summed E-state index contributed by atoms with van der Waals surface area (Å²) >= 11 is 15.2. The molecule has 42 heavy (non-hydrogen) atoms. The molecule has 0 spiro atoms. The van der Waals surface area contributed by atoms with Crippen LogP contribution in [0.5, 0.6) is 0 Å². The second kappa shape index (κ2) is 11.3. The number of aryl methyl sites for hydroxylation is 1. The standard InChI is InChI=1S/C30H30Cl2N8OS/c1-2-37-11-13-38(14-12-37)20-7-5-19(6-8-20)21-16-23(31)22-17-40(36-26(22)25(21)32)28(29(41)35-30-33-9-15-42-30)27-24-4-3-10-39(24)18-34-27/h5-9,15-18,28H,2-4,10-14H2,1H3,(H,33,35,41). The van der Waals surface area contributed by atoms with E-state index in [2.05, 4.69) is 60.8 Å². The lowest BCUT2D eigenvalue weighted by Crippen LogP contribution is -2.46. The molecule has 7 rings (SSSR count). The first-order valence-corrected chi connectivity index (χ1v) is 15.8. The summed E-state index contributed by atoms with van der Waals surface area (Å²) < 4.78 is 3.74. The van der Waals surface area contributed by atoms with Crippen LogP contribution >= 0.6 is 34.5 Å². The third kappa shape index (κ3) is 4.96. The molecule has 0 radical (unpaired) electrons. The van der Waals surface area contributed by atoms with Crippen LogP contribution in [0.4, 0.5) is 10.8 Å². The van der Waals surface area contributed by atoms with Crippen molar-refractivity contribution in [2.24, 2.45) is 0 Å². The number of imidazole rings is 1. The summed E-state index contributed by atoms with van der Waals surface area (Å²) in [4.78, 5) is 27.5. The Balaban J connectivity index is 1.24. The lowest BCUT2D eigenvalue weighted by Gasteiger charge is -2.35. The first kappa shape index (κ1) is 27.4. The number of hydrogen-bond donors (Lipinski definition) is 1. The summed E-state index contributed by atoms with van der Waals surface area (Å²) in [5, 5.41) is 11.8. The van der Waals surface area contributed by atoms with Crippen molar-refractivity contribution in [2.75, 3.05) is 42.9 Å². The average molecular weight is 622 g/mol. The van der Waals surface area contributed by atoms with E-state index in [0.29, 0.717) is 31.8 Å². The van der Waals surface area contributed by atoms with E-state index in [1.165, 1.54) is 17.0 Å². The van der Waals surface area contributed by atoms with Crippen molar-refractivity contribution in [2.45, 2.75) is 32.4 Å². The van der Waals surface area contributed by atoms with Crippen molar-refractivity contribution in [3.8, 4) is 11.1 Å². The molecule has 0 saturated carbocycles. The van der Waals surface area contributed by atoms with Crippen LogP contribution in [0.1, 0.15) is 30.8 Å². The molecule has 0 aliphatic carbocycles. The highest BCUT2D eigenvalue weighted by Crippen LogP contribution is 2.40. The van der Waals surface area contributed by atoms with Gasteiger partial charge >= 0.3 is 0 Å². The van der Waals surface area contributed by atoms with Gasteiger partial charge in [-0.05, 0) is 43.1 Å². The number of anilines is 2. The van der Waals surface area contributed by atoms with Crippen molar-refractivity contribution in [1.29, 1.82) is 0 Å². The Hall–Kier alpha value is -3.44. The average Bonchev–Trinajstić information content (AvgIpc) is 3.82. The molecule has 1 atom stereocenters. The van der Waals surface area contributed by atoms with E-state index in [4.69, 9.17) is 28.3 Å². The highest BCUT2D eigenvalue weighted by molar-refractivity contribution is 7.13. The molecular formula is C30H30Cl2N8OS. The highest BCUT2D eigenvalue weighted by Gasteiger charge is 2.32. The van der Waals surface area contributed by atoms with Crippen molar-refractivity contribution in [1.82, 2.24) is 29.2 Å². The fraction of sp³-hybridized carbons (Fsp3) is 0.333. The van der Waals surface area contributed by atoms with Crippen LogP contribution in [0, 0.1) is 0 Å². The fourth-order valence-electron chi connectivity index (χ4n) is 6.00. The van der Waals surface area contributed by atoms with Crippen LogP contribution in [0.25, 0.3) is 22.0 Å². The van der Waals surface area contributed by atoms with Crippen LogP contribution in [0.3, 0.4) is 0 Å². The van der Waals surface area contributed by atoms with Gasteiger partial charge in [0.1, 0.15) is 5.52 Å². The summed E-state index contributed by atoms with van der Waals surface area (Å²) in [6.45, 7) is 8.36. The number of likely N-dealkylation sites (N-methyl/N-ethyl adjacent to an activating group) is 1. The Morgan fingerprint density at radius 2 is 1.90 bits per heavy atom. The number of rotatable bonds is 7. The molecule has 2 aliphatic rings. The lowest BCUT2D eigenvalue weighted by atomic mass is 10.0. The van der Waals surface area contributed by atoms with E-state index in [1.54, 1.807) is 23.4 Å². The van der Waals surface area contributed by atoms with E-state index in [1.807, 2.05) is 11.4 Å². The summed E-state index contributed by atoms with van der Waals surface area (Å²) in [6, 6.07) is 9.52. The highest BCUT2D eigenvalue weighted by atomic mass is 35.5. The van der Waals surface area contributed by atoms with Crippen LogP contribution in [-0.4, -0.2) is 67.8 Å². The smallest absolute Gasteiger partial charge is 0.257 e. The number of halogens is 2. The van der Waals surface area contributed by atoms with Crippen LogP contribution in [-0.2, 0) is 17.8 Å². The van der Waals surface area contributed by atoms with Gasteiger partial charge < -0.3 is 14.4 Å². The van der Waals surface area contributed by atoms with Crippen molar-refractivity contribution in [3.63, 3.8) is 0 Å². The monoisotopic (exact) mass is 620 g/mol. The lowest BCUT2D eigenvalue weighted by molar-refractivity contribution is -0.118. The first-order chi connectivity index (χ1) is 20.5. The Kier molecular flexibility index (Phi) is 7.39. The predicted molar refractivity (Wildman–Crippen MR) is 169 cm³/mol. The Bertz CT molecular complexity index is 1740. The van der Waals surface area contributed by atoms with E-state index in [0.717, 1.165) is 68.9 Å². The first-order valence-electron chi connectivity index (χ1n) is 14.2. The van der Waals surface area contributed by atoms with Crippen molar-refractivity contribution < 1.29 is 4.79 Å². The van der Waals surface area contributed by atoms with Crippen LogP contribution in [0.2, 0.25) is 10.0 Å². The van der Waals surface area contributed by atoms with E-state index in [-0.39, 0.29) is 5.91 Å². The topological polar surface area (TPSA) is 84.1 Å². The van der Waals surface area contributed by atoms with E-state index >= 15 is 0 Å². The molecule has 5 aromatic rings. The molecule has 216 valence electrons. The quantitative estimate of drug-likeness (QED) is 0.241. The molecule has 12 heteroatoms. The predicted octanol–water partition coefficient (Wildman–Crippen LogP) is 5.98. The molecule has 1 N–H and O–H groups in total. The third-order valence-corrected chi connectivity index (χ3v) is 9.68. The number of fused-ring (bicyclic) bond motifs is 2. The molecule has 1 saturated heterocycles. The van der Waals surface area contributed by atoms with Crippen LogP contribution in [0.15, 0.2) is 54.4 Å². The zero-order valence-electron chi connectivity index (χ0n) is 23.1. The summed E-state index contributed by atoms with van der Waals surface area (Å²) in [5.74, 6) is -0.269. The van der Waals surface area contributed by atoms with Gasteiger partial charge in [0.2, 0.25) is 0 Å². The second-order valence-corrected chi connectivity index (χ2v) is 12.3. The number of thiazole rings is 1. The van der Waals surface area contributed by atoms with Gasteiger partial charge in [-0.1, -0.05) is 42.3 Å². The van der Waals surface area contributed by atoms with Gasteiger partial charge in [0.05, 0.1) is 22.1 Å². The van der Waals surface area contributed by atoms with E-state index < -0.39 is 6.04 Å². The number of benzene rings is 2. The molecule has 0 bridgehead atoms. The van der Waals surface area contributed by atoms with Gasteiger partial charge in [-0.2, -0.15) is 5.10 Å². The maximum Gasteiger partial charge on any atom is 0.257 e. The van der Waals surface area contributed by atoms with Crippen molar-refractivity contribution >= 4 is 62.2 Å². The van der Waals surface area contributed by atoms with Gasteiger partial charge in [-0.15, -0.1) is 11.3 Å². The van der Waals surface area contributed by atoms with Gasteiger partial charge in [-0.3, -0.25) is 14.8 Å². The molecule has 2 aromatic carbocycles. The number of nitrogens with zero attached hydrogens (tertiary/aromatic N) is 7. The Labute approximate surface area is 257 Å². The fourth-order valence-corrected chi connectivity index (χ4v) is 7.08. The van der Waals surface area contributed by atoms with Gasteiger partial charge in [0, 0.05) is 72.8 Å². The molecule has 1 fully saturated rings. The minimum absolute atomic E-state index is 0.269. The number of nitrogens with one attached hydrogen (secondary N) is 1. The van der Waals surface area contributed by atoms with Crippen molar-refractivity contribution in [3.05, 3.63) is 75.9 Å². The SMILES string of the molecule is CCN1CCN(c2ccc(-c3cc(Cl)c4cn(C(C(=O)Nc5nccs5)c5ncn6c5CCC6)nc4c3Cl)cc2)CC1.